The first-order chi connectivity index (χ1) is 12.4. The van der Waals surface area contributed by atoms with E-state index in [9.17, 15) is 14.4 Å². The van der Waals surface area contributed by atoms with E-state index in [-0.39, 0.29) is 18.5 Å². The normalized spacial score (nSPS) is 20.8. The molecule has 2 heterocycles. The number of ether oxygens (including phenoxy) is 2. The van der Waals surface area contributed by atoms with Crippen molar-refractivity contribution < 1.29 is 23.9 Å². The molecule has 0 spiro atoms. The van der Waals surface area contributed by atoms with E-state index < -0.39 is 24.1 Å². The van der Waals surface area contributed by atoms with Gasteiger partial charge in [-0.1, -0.05) is 20.8 Å². The Morgan fingerprint density at radius 1 is 1.38 bits per heavy atom. The number of aromatic amines is 1. The number of hydrogen-bond donors (Lipinski definition) is 3. The van der Waals surface area contributed by atoms with E-state index >= 15 is 0 Å². The number of nitrogens with one attached hydrogen (secondary N) is 3. The quantitative estimate of drug-likeness (QED) is 0.650. The highest BCUT2D eigenvalue weighted by Gasteiger charge is 2.37. The van der Waals surface area contributed by atoms with Crippen LogP contribution in [0.15, 0.2) is 18.5 Å². The summed E-state index contributed by atoms with van der Waals surface area (Å²) in [6.07, 6.45) is 3.93. The van der Waals surface area contributed by atoms with Gasteiger partial charge in [0.1, 0.15) is 24.4 Å². The molecule has 8 nitrogen and oxygen atoms in total. The zero-order valence-corrected chi connectivity index (χ0v) is 15.4. The van der Waals surface area contributed by atoms with Crippen molar-refractivity contribution in [3.63, 3.8) is 0 Å². The molecular formula is C18H27N3O5. The van der Waals surface area contributed by atoms with Gasteiger partial charge in [0, 0.05) is 12.4 Å². The van der Waals surface area contributed by atoms with Gasteiger partial charge in [-0.3, -0.25) is 9.59 Å². The molecule has 3 atom stereocenters. The summed E-state index contributed by atoms with van der Waals surface area (Å²) in [4.78, 5) is 39.5. The molecule has 1 aliphatic rings. The van der Waals surface area contributed by atoms with Crippen molar-refractivity contribution in [1.82, 2.24) is 15.6 Å². The van der Waals surface area contributed by atoms with Crippen LogP contribution >= 0.6 is 0 Å². The second-order valence-electron chi connectivity index (χ2n) is 6.81. The Hall–Kier alpha value is -2.35. The molecule has 0 bridgehead atoms. The Labute approximate surface area is 153 Å². The number of H-pyrrole nitrogens is 1. The van der Waals surface area contributed by atoms with Gasteiger partial charge in [-0.15, -0.1) is 0 Å². The van der Waals surface area contributed by atoms with Gasteiger partial charge in [0.2, 0.25) is 5.91 Å². The molecule has 0 aromatic carbocycles. The lowest BCUT2D eigenvalue weighted by Crippen LogP contribution is -2.53. The van der Waals surface area contributed by atoms with E-state index in [4.69, 9.17) is 9.47 Å². The number of carbonyl (C=O) groups is 3. The highest BCUT2D eigenvalue weighted by molar-refractivity contribution is 5.94. The minimum Gasteiger partial charge on any atom is -0.409 e. The maximum absolute atomic E-state index is 12.7. The summed E-state index contributed by atoms with van der Waals surface area (Å²) in [6.45, 7) is 5.97. The largest absolute Gasteiger partial charge is 0.413 e. The molecule has 2 amide bonds. The summed E-state index contributed by atoms with van der Waals surface area (Å²) in [5, 5.41) is 5.32. The smallest absolute Gasteiger partial charge is 0.409 e. The van der Waals surface area contributed by atoms with Crippen LogP contribution in [0.1, 0.15) is 40.0 Å². The van der Waals surface area contributed by atoms with Gasteiger partial charge in [-0.05, 0) is 31.2 Å². The lowest BCUT2D eigenvalue weighted by Gasteiger charge is -2.23. The van der Waals surface area contributed by atoms with Gasteiger partial charge in [0.05, 0.1) is 6.10 Å². The Morgan fingerprint density at radius 3 is 2.77 bits per heavy atom. The second-order valence-corrected chi connectivity index (χ2v) is 6.81. The van der Waals surface area contributed by atoms with E-state index in [1.807, 2.05) is 20.8 Å². The molecular weight excluding hydrogens is 338 g/mol. The Morgan fingerprint density at radius 2 is 2.15 bits per heavy atom. The van der Waals surface area contributed by atoms with E-state index in [0.717, 1.165) is 6.42 Å². The fraction of sp³-hybridized carbons (Fsp3) is 0.611. The minimum absolute atomic E-state index is 0.00305. The van der Waals surface area contributed by atoms with Crippen molar-refractivity contribution in [2.24, 2.45) is 5.92 Å². The highest BCUT2D eigenvalue weighted by atomic mass is 16.6. The molecule has 0 aliphatic carbocycles. The van der Waals surface area contributed by atoms with Gasteiger partial charge in [-0.25, -0.2) is 4.79 Å². The van der Waals surface area contributed by atoms with Crippen LogP contribution < -0.4 is 15.4 Å². The van der Waals surface area contributed by atoms with Crippen LogP contribution in [0.4, 0.5) is 4.79 Å². The summed E-state index contributed by atoms with van der Waals surface area (Å²) in [5.41, 5.74) is 0. The molecule has 1 fully saturated rings. The van der Waals surface area contributed by atoms with Gasteiger partial charge in [0.25, 0.3) is 0 Å². The van der Waals surface area contributed by atoms with Crippen LogP contribution in [-0.4, -0.2) is 47.6 Å². The zero-order valence-electron chi connectivity index (χ0n) is 15.4. The predicted octanol–water partition coefficient (Wildman–Crippen LogP) is 1.77. The topological polar surface area (TPSA) is 110 Å². The van der Waals surface area contributed by atoms with Crippen LogP contribution in [-0.2, 0) is 14.3 Å². The number of amides is 2. The van der Waals surface area contributed by atoms with Crippen LogP contribution in [0.3, 0.4) is 0 Å². The molecule has 8 heteroatoms. The van der Waals surface area contributed by atoms with Gasteiger partial charge in [-0.2, -0.15) is 0 Å². The van der Waals surface area contributed by atoms with E-state index in [1.165, 1.54) is 6.20 Å². The summed E-state index contributed by atoms with van der Waals surface area (Å²) in [6, 6.07) is 0.148. The lowest BCUT2D eigenvalue weighted by atomic mass is 10.0. The van der Waals surface area contributed by atoms with E-state index in [1.54, 1.807) is 12.3 Å². The molecule has 1 aromatic rings. The molecule has 1 aromatic heterocycles. The van der Waals surface area contributed by atoms with Crippen molar-refractivity contribution in [3.8, 4) is 5.75 Å². The molecule has 0 saturated carbocycles. The van der Waals surface area contributed by atoms with Crippen molar-refractivity contribution in [2.45, 2.75) is 58.2 Å². The third-order valence-corrected chi connectivity index (χ3v) is 4.28. The Kier molecular flexibility index (Phi) is 7.20. The highest BCUT2D eigenvalue weighted by Crippen LogP contribution is 2.15. The van der Waals surface area contributed by atoms with Gasteiger partial charge in [0.15, 0.2) is 5.78 Å². The molecule has 3 N–H and O–H groups in total. The summed E-state index contributed by atoms with van der Waals surface area (Å²) in [5.74, 6) is 0.172. The number of carbonyl (C=O) groups excluding carboxylic acids is 3. The van der Waals surface area contributed by atoms with Crippen LogP contribution in [0.25, 0.3) is 0 Å². The van der Waals surface area contributed by atoms with Crippen molar-refractivity contribution >= 4 is 17.8 Å². The second kappa shape index (κ2) is 9.38. The molecule has 0 radical (unpaired) electrons. The lowest BCUT2D eigenvalue weighted by molar-refractivity contribution is -0.127. The van der Waals surface area contributed by atoms with Crippen LogP contribution in [0.2, 0.25) is 0 Å². The van der Waals surface area contributed by atoms with Crippen LogP contribution in [0, 0.1) is 5.92 Å². The molecule has 1 saturated heterocycles. The van der Waals surface area contributed by atoms with Crippen molar-refractivity contribution in [3.05, 3.63) is 18.5 Å². The molecule has 1 aliphatic heterocycles. The number of aromatic nitrogens is 1. The summed E-state index contributed by atoms with van der Waals surface area (Å²) >= 11 is 0. The number of hydrogen-bond acceptors (Lipinski definition) is 5. The maximum atomic E-state index is 12.7. The third-order valence-electron chi connectivity index (χ3n) is 4.28. The van der Waals surface area contributed by atoms with Gasteiger partial charge < -0.3 is 25.1 Å². The third kappa shape index (κ3) is 5.59. The first-order valence-corrected chi connectivity index (χ1v) is 8.96. The fourth-order valence-corrected chi connectivity index (χ4v) is 2.78. The maximum Gasteiger partial charge on any atom is 0.413 e. The van der Waals surface area contributed by atoms with E-state index in [2.05, 4.69) is 15.6 Å². The summed E-state index contributed by atoms with van der Waals surface area (Å²) in [7, 11) is 0. The average molecular weight is 365 g/mol. The first-order valence-electron chi connectivity index (χ1n) is 8.96. The predicted molar refractivity (Wildman–Crippen MR) is 94.8 cm³/mol. The number of rotatable bonds is 8. The monoisotopic (exact) mass is 365 g/mol. The van der Waals surface area contributed by atoms with Crippen LogP contribution in [0.5, 0.6) is 5.75 Å². The SMILES string of the molecule is CCC1OCC(=O)C1NC(=O)[C@H](CCC(C)C)NC(=O)Oc1cc[nH]c1. The van der Waals surface area contributed by atoms with Crippen molar-refractivity contribution in [1.29, 1.82) is 0 Å². The molecule has 26 heavy (non-hydrogen) atoms. The Bertz CT molecular complexity index is 614. The average Bonchev–Trinajstić information content (AvgIpc) is 3.21. The number of Topliss-reactive ketones (excluding diaryl/α,β-unsaturated/α-hetero) is 1. The Balaban J connectivity index is 1.99. The first kappa shape index (κ1) is 20.0. The van der Waals surface area contributed by atoms with Gasteiger partial charge >= 0.3 is 6.09 Å². The summed E-state index contributed by atoms with van der Waals surface area (Å²) < 4.78 is 10.5. The minimum atomic E-state index is -0.783. The fourth-order valence-electron chi connectivity index (χ4n) is 2.78. The molecule has 144 valence electrons. The molecule has 2 rings (SSSR count). The molecule has 2 unspecified atom stereocenters. The van der Waals surface area contributed by atoms with E-state index in [0.29, 0.717) is 24.5 Å². The van der Waals surface area contributed by atoms with Crippen molar-refractivity contribution in [2.75, 3.05) is 6.61 Å². The zero-order chi connectivity index (χ0) is 19.1. The number of ketones is 1. The standard InChI is InChI=1S/C18H27N3O5/c1-4-15-16(14(22)10-25-15)21-17(23)13(6-5-11(2)3)20-18(24)26-12-7-8-19-9-12/h7-9,11,13,15-16,19H,4-6,10H2,1-3H3,(H,20,24)(H,21,23)/t13-,15?,16?/m0/s1.